The molecule has 3 rings (SSSR count). The number of aryl methyl sites for hydroxylation is 1. The van der Waals surface area contributed by atoms with E-state index in [0.717, 1.165) is 5.56 Å². The van der Waals surface area contributed by atoms with Crippen LogP contribution < -0.4 is 19.5 Å². The van der Waals surface area contributed by atoms with Crippen LogP contribution in [-0.4, -0.2) is 26.2 Å². The first-order valence-electron chi connectivity index (χ1n) is 10.1. The lowest BCUT2D eigenvalue weighted by molar-refractivity contribution is -0.117. The Morgan fingerprint density at radius 3 is 2.55 bits per heavy atom. The van der Waals surface area contributed by atoms with Gasteiger partial charge in [-0.2, -0.15) is 5.26 Å². The minimum Gasteiger partial charge on any atom is -0.493 e. The van der Waals surface area contributed by atoms with Crippen molar-refractivity contribution in [3.05, 3.63) is 82.3 Å². The van der Waals surface area contributed by atoms with Crippen LogP contribution in [0.5, 0.6) is 17.2 Å². The molecular weight excluding hydrogens is 444 g/mol. The highest BCUT2D eigenvalue weighted by atomic mass is 35.5. The van der Waals surface area contributed by atoms with Crippen LogP contribution in [0, 0.1) is 18.3 Å². The number of hydrogen-bond donors (Lipinski definition) is 1. The van der Waals surface area contributed by atoms with Gasteiger partial charge in [-0.1, -0.05) is 23.7 Å². The number of nitrogens with zero attached hydrogens (tertiary/aromatic N) is 1. The molecule has 0 saturated carbocycles. The molecule has 0 radical (unpaired) electrons. The molecule has 0 aliphatic rings. The Bertz CT molecular complexity index is 1170. The zero-order valence-electron chi connectivity index (χ0n) is 18.3. The van der Waals surface area contributed by atoms with Crippen molar-refractivity contribution in [2.45, 2.75) is 13.5 Å². The molecule has 33 heavy (non-hydrogen) atoms. The number of methoxy groups -OCH3 is 1. The summed E-state index contributed by atoms with van der Waals surface area (Å²) in [6.45, 7) is 2.73. The highest BCUT2D eigenvalue weighted by molar-refractivity contribution is 6.32. The summed E-state index contributed by atoms with van der Waals surface area (Å²) in [5, 5.41) is 12.3. The van der Waals surface area contributed by atoms with Gasteiger partial charge in [-0.15, -0.1) is 0 Å². The van der Waals surface area contributed by atoms with E-state index < -0.39 is 5.91 Å². The summed E-state index contributed by atoms with van der Waals surface area (Å²) in [5.41, 5.74) is 1.62. The van der Waals surface area contributed by atoms with Gasteiger partial charge in [0, 0.05) is 0 Å². The van der Waals surface area contributed by atoms with E-state index in [2.05, 4.69) is 5.32 Å². The number of furan rings is 1. The number of nitrogens with one attached hydrogen (secondary N) is 1. The molecule has 0 bridgehead atoms. The molecule has 0 saturated heterocycles. The highest BCUT2D eigenvalue weighted by Gasteiger charge is 2.11. The lowest BCUT2D eigenvalue weighted by Gasteiger charge is -2.12. The topological polar surface area (TPSA) is 93.7 Å². The number of carbonyl (C=O) groups is 1. The smallest absolute Gasteiger partial charge is 0.262 e. The fraction of sp³-hybridized carbons (Fsp3) is 0.200. The van der Waals surface area contributed by atoms with Gasteiger partial charge < -0.3 is 23.9 Å². The second-order valence-corrected chi connectivity index (χ2v) is 7.38. The van der Waals surface area contributed by atoms with Gasteiger partial charge in [-0.25, -0.2) is 0 Å². The Morgan fingerprint density at radius 1 is 1.12 bits per heavy atom. The number of ether oxygens (including phenoxy) is 3. The van der Waals surface area contributed by atoms with Crippen molar-refractivity contribution in [3.8, 4) is 23.3 Å². The van der Waals surface area contributed by atoms with E-state index in [0.29, 0.717) is 40.2 Å². The van der Waals surface area contributed by atoms with Gasteiger partial charge in [-0.3, -0.25) is 4.79 Å². The van der Waals surface area contributed by atoms with Crippen molar-refractivity contribution >= 4 is 23.6 Å². The van der Waals surface area contributed by atoms with Gasteiger partial charge in [0.2, 0.25) is 0 Å². The van der Waals surface area contributed by atoms with Crippen molar-refractivity contribution in [2.24, 2.45) is 0 Å². The van der Waals surface area contributed by atoms with Crippen molar-refractivity contribution in [1.82, 2.24) is 5.32 Å². The number of rotatable bonds is 10. The molecule has 2 aromatic carbocycles. The Balaban J connectivity index is 1.55. The normalized spacial score (nSPS) is 10.9. The Morgan fingerprint density at radius 2 is 1.88 bits per heavy atom. The molecule has 1 amide bonds. The quantitative estimate of drug-likeness (QED) is 0.258. The zero-order chi connectivity index (χ0) is 23.6. The van der Waals surface area contributed by atoms with Gasteiger partial charge in [0.05, 0.1) is 24.9 Å². The number of carbonyl (C=O) groups excluding carboxylic acids is 1. The Labute approximate surface area is 197 Å². The summed E-state index contributed by atoms with van der Waals surface area (Å²) in [6.07, 6.45) is 2.97. The maximum Gasteiger partial charge on any atom is 0.262 e. The molecule has 1 N–H and O–H groups in total. The van der Waals surface area contributed by atoms with Crippen LogP contribution in [0.2, 0.25) is 5.02 Å². The minimum atomic E-state index is -0.506. The molecule has 7 nitrogen and oxygen atoms in total. The molecule has 1 aromatic heterocycles. The van der Waals surface area contributed by atoms with E-state index in [1.807, 2.05) is 31.2 Å². The summed E-state index contributed by atoms with van der Waals surface area (Å²) in [5.74, 6) is 1.84. The summed E-state index contributed by atoms with van der Waals surface area (Å²) in [7, 11) is 1.59. The first-order valence-corrected chi connectivity index (χ1v) is 10.5. The van der Waals surface area contributed by atoms with Gasteiger partial charge in [0.15, 0.2) is 11.5 Å². The monoisotopic (exact) mass is 466 g/mol. The fourth-order valence-corrected chi connectivity index (χ4v) is 3.16. The van der Waals surface area contributed by atoms with Crippen molar-refractivity contribution in [1.29, 1.82) is 5.26 Å². The summed E-state index contributed by atoms with van der Waals surface area (Å²) in [6, 6.07) is 16.0. The van der Waals surface area contributed by atoms with E-state index in [1.165, 1.54) is 12.3 Å². The predicted molar refractivity (Wildman–Crippen MR) is 124 cm³/mol. The third-order valence-electron chi connectivity index (χ3n) is 4.55. The Hall–Kier alpha value is -3.89. The van der Waals surface area contributed by atoms with Crippen LogP contribution in [0.3, 0.4) is 0 Å². The van der Waals surface area contributed by atoms with Crippen LogP contribution in [0.25, 0.3) is 6.08 Å². The third kappa shape index (κ3) is 6.79. The first kappa shape index (κ1) is 23.8. The number of halogens is 1. The fourth-order valence-electron chi connectivity index (χ4n) is 2.91. The molecule has 0 aliphatic carbocycles. The molecular formula is C25H23ClN2O5. The van der Waals surface area contributed by atoms with Gasteiger partial charge in [-0.05, 0) is 60.5 Å². The van der Waals surface area contributed by atoms with Crippen molar-refractivity contribution < 1.29 is 23.4 Å². The SMILES string of the molecule is COc1cc(C)ccc1OCCOc1ccc(C=C(C#N)C(=O)NCc2ccco2)cc1Cl. The van der Waals surface area contributed by atoms with E-state index in [1.54, 1.807) is 37.4 Å². The molecule has 1 heterocycles. The molecule has 0 unspecified atom stereocenters. The van der Waals surface area contributed by atoms with E-state index in [-0.39, 0.29) is 18.7 Å². The second-order valence-electron chi connectivity index (χ2n) is 6.97. The van der Waals surface area contributed by atoms with Crippen LogP contribution in [0.15, 0.2) is 64.8 Å². The van der Waals surface area contributed by atoms with Crippen LogP contribution in [0.1, 0.15) is 16.9 Å². The molecule has 170 valence electrons. The third-order valence-corrected chi connectivity index (χ3v) is 4.85. The molecule has 0 aliphatic heterocycles. The second kappa shape index (κ2) is 11.7. The molecule has 0 atom stereocenters. The average molecular weight is 467 g/mol. The van der Waals surface area contributed by atoms with Crippen LogP contribution in [0.4, 0.5) is 0 Å². The number of hydrogen-bond acceptors (Lipinski definition) is 6. The van der Waals surface area contributed by atoms with Gasteiger partial charge in [0.25, 0.3) is 5.91 Å². The standard InChI is InChI=1S/C25H23ClN2O5/c1-17-5-7-23(24(12-17)30-2)33-11-10-32-22-8-6-18(14-21(22)26)13-19(15-27)25(29)28-16-20-4-3-9-31-20/h3-9,12-14H,10-11,16H2,1-2H3,(H,28,29). The van der Waals surface area contributed by atoms with Crippen LogP contribution in [-0.2, 0) is 11.3 Å². The number of amides is 1. The van der Waals surface area contributed by atoms with Crippen molar-refractivity contribution in [2.75, 3.05) is 20.3 Å². The lowest BCUT2D eigenvalue weighted by Crippen LogP contribution is -2.23. The van der Waals surface area contributed by atoms with E-state index in [9.17, 15) is 10.1 Å². The maximum absolute atomic E-state index is 12.3. The maximum atomic E-state index is 12.3. The van der Waals surface area contributed by atoms with E-state index in [4.69, 9.17) is 30.2 Å². The predicted octanol–water partition coefficient (Wildman–Crippen LogP) is 4.93. The Kier molecular flexibility index (Phi) is 8.39. The molecule has 0 spiro atoms. The largest absolute Gasteiger partial charge is 0.493 e. The summed E-state index contributed by atoms with van der Waals surface area (Å²) < 4.78 is 21.9. The summed E-state index contributed by atoms with van der Waals surface area (Å²) >= 11 is 6.31. The first-order chi connectivity index (χ1) is 16.0. The van der Waals surface area contributed by atoms with Gasteiger partial charge in [0.1, 0.15) is 36.4 Å². The lowest BCUT2D eigenvalue weighted by atomic mass is 10.1. The molecule has 8 heteroatoms. The minimum absolute atomic E-state index is 0.0493. The number of nitriles is 1. The number of benzene rings is 2. The van der Waals surface area contributed by atoms with Crippen molar-refractivity contribution in [3.63, 3.8) is 0 Å². The zero-order valence-corrected chi connectivity index (χ0v) is 19.0. The molecule has 3 aromatic rings. The van der Waals surface area contributed by atoms with E-state index >= 15 is 0 Å². The summed E-state index contributed by atoms with van der Waals surface area (Å²) in [4.78, 5) is 12.3. The highest BCUT2D eigenvalue weighted by Crippen LogP contribution is 2.29. The average Bonchev–Trinajstić information content (AvgIpc) is 3.34. The van der Waals surface area contributed by atoms with Gasteiger partial charge >= 0.3 is 0 Å². The van der Waals surface area contributed by atoms with Crippen LogP contribution >= 0.6 is 11.6 Å². The molecule has 0 fully saturated rings.